The molecule has 138 valence electrons. The molecule has 0 spiro atoms. The number of amides is 1. The van der Waals surface area contributed by atoms with Crippen LogP contribution in [0.25, 0.3) is 10.8 Å². The highest BCUT2D eigenvalue weighted by molar-refractivity contribution is 6.30. The molecule has 1 N–H and O–H groups in total. The molecule has 0 radical (unpaired) electrons. The van der Waals surface area contributed by atoms with Gasteiger partial charge < -0.3 is 5.32 Å². The van der Waals surface area contributed by atoms with E-state index in [0.717, 1.165) is 13.1 Å². The molecule has 1 atom stereocenters. The Morgan fingerprint density at radius 3 is 2.56 bits per heavy atom. The fourth-order valence-electron chi connectivity index (χ4n) is 3.95. The molecule has 1 aliphatic rings. The smallest absolute Gasteiger partial charge is 0.251 e. The average molecular weight is 379 g/mol. The van der Waals surface area contributed by atoms with Gasteiger partial charge in [0.05, 0.1) is 6.04 Å². The van der Waals surface area contributed by atoms with Crippen LogP contribution in [0.4, 0.5) is 0 Å². The second-order valence-corrected chi connectivity index (χ2v) is 7.48. The lowest BCUT2D eigenvalue weighted by molar-refractivity contribution is 0.0938. The summed E-state index contributed by atoms with van der Waals surface area (Å²) in [6.07, 6.45) is 2.42. The van der Waals surface area contributed by atoms with Crippen molar-refractivity contribution in [1.29, 1.82) is 0 Å². The largest absolute Gasteiger partial charge is 0.350 e. The third-order valence-corrected chi connectivity index (χ3v) is 5.54. The Kier molecular flexibility index (Phi) is 5.42. The second kappa shape index (κ2) is 8.12. The zero-order valence-corrected chi connectivity index (χ0v) is 16.0. The number of carbonyl (C=O) groups excluding carboxylic acids is 1. The predicted molar refractivity (Wildman–Crippen MR) is 111 cm³/mol. The maximum Gasteiger partial charge on any atom is 0.251 e. The van der Waals surface area contributed by atoms with Crippen LogP contribution in [0.5, 0.6) is 0 Å². The molecule has 1 aliphatic heterocycles. The van der Waals surface area contributed by atoms with Crippen LogP contribution < -0.4 is 5.32 Å². The summed E-state index contributed by atoms with van der Waals surface area (Å²) in [7, 11) is 0. The first kappa shape index (κ1) is 18.0. The summed E-state index contributed by atoms with van der Waals surface area (Å²) in [5.74, 6) is -0.0815. The maximum absolute atomic E-state index is 12.6. The van der Waals surface area contributed by atoms with Crippen LogP contribution in [0.15, 0.2) is 66.7 Å². The molecule has 0 saturated carbocycles. The zero-order chi connectivity index (χ0) is 18.6. The Bertz CT molecular complexity index is 945. The second-order valence-electron chi connectivity index (χ2n) is 7.05. The van der Waals surface area contributed by atoms with E-state index in [0.29, 0.717) is 17.1 Å². The minimum absolute atomic E-state index is 0.0815. The van der Waals surface area contributed by atoms with Gasteiger partial charge in [-0.25, -0.2) is 0 Å². The van der Waals surface area contributed by atoms with E-state index in [2.05, 4.69) is 52.7 Å². The van der Waals surface area contributed by atoms with Crippen LogP contribution in [-0.4, -0.2) is 30.4 Å². The molecule has 3 aromatic carbocycles. The fraction of sp³-hybridized carbons (Fsp3) is 0.261. The summed E-state index contributed by atoms with van der Waals surface area (Å²) in [4.78, 5) is 15.1. The molecule has 0 aromatic heterocycles. The maximum atomic E-state index is 12.6. The molecule has 27 heavy (non-hydrogen) atoms. The first-order valence-electron chi connectivity index (χ1n) is 9.48. The van der Waals surface area contributed by atoms with Gasteiger partial charge in [-0.15, -0.1) is 0 Å². The molecule has 0 unspecified atom stereocenters. The number of nitrogens with one attached hydrogen (secondary N) is 1. The number of likely N-dealkylation sites (tertiary alicyclic amines) is 1. The number of benzene rings is 3. The lowest BCUT2D eigenvalue weighted by Gasteiger charge is -2.29. The molecular formula is C23H23ClN2O. The molecular weight excluding hydrogens is 356 g/mol. The van der Waals surface area contributed by atoms with Crippen molar-refractivity contribution in [2.45, 2.75) is 18.9 Å². The molecule has 1 amide bonds. The van der Waals surface area contributed by atoms with Gasteiger partial charge in [-0.05, 0) is 60.5 Å². The highest BCUT2D eigenvalue weighted by Gasteiger charge is 2.25. The Hall–Kier alpha value is -2.36. The van der Waals surface area contributed by atoms with Crippen molar-refractivity contribution < 1.29 is 4.79 Å². The number of hydrogen-bond acceptors (Lipinski definition) is 2. The van der Waals surface area contributed by atoms with Crippen molar-refractivity contribution in [2.24, 2.45) is 0 Å². The Balaban J connectivity index is 1.61. The molecule has 1 heterocycles. The van der Waals surface area contributed by atoms with Crippen molar-refractivity contribution in [2.75, 3.05) is 19.6 Å². The molecule has 0 aliphatic carbocycles. The summed E-state index contributed by atoms with van der Waals surface area (Å²) >= 11 is 6.03. The van der Waals surface area contributed by atoms with E-state index < -0.39 is 0 Å². The normalized spacial score (nSPS) is 15.7. The van der Waals surface area contributed by atoms with Gasteiger partial charge in [0.1, 0.15) is 0 Å². The quantitative estimate of drug-likeness (QED) is 0.673. The number of hydrogen-bond donors (Lipinski definition) is 1. The fourth-order valence-corrected chi connectivity index (χ4v) is 4.14. The molecule has 0 bridgehead atoms. The Labute approximate surface area is 164 Å². The van der Waals surface area contributed by atoms with Crippen molar-refractivity contribution in [1.82, 2.24) is 10.2 Å². The van der Waals surface area contributed by atoms with Crippen LogP contribution >= 0.6 is 11.6 Å². The Morgan fingerprint density at radius 2 is 1.74 bits per heavy atom. The van der Waals surface area contributed by atoms with Crippen LogP contribution in [0, 0.1) is 0 Å². The molecule has 3 nitrogen and oxygen atoms in total. The zero-order valence-electron chi connectivity index (χ0n) is 15.2. The summed E-state index contributed by atoms with van der Waals surface area (Å²) in [6.45, 7) is 2.72. The SMILES string of the molecule is O=C(NC[C@H](c1cccc2ccccc12)N1CCCC1)c1cccc(Cl)c1. The number of fused-ring (bicyclic) bond motifs is 1. The lowest BCUT2D eigenvalue weighted by Crippen LogP contribution is -2.36. The molecule has 3 aromatic rings. The number of nitrogens with zero attached hydrogens (tertiary/aromatic N) is 1. The van der Waals surface area contributed by atoms with E-state index in [4.69, 9.17) is 11.6 Å². The molecule has 1 fully saturated rings. The average Bonchev–Trinajstić information content (AvgIpc) is 3.22. The summed E-state index contributed by atoms with van der Waals surface area (Å²) < 4.78 is 0. The standard InChI is InChI=1S/C23H23ClN2O/c24-19-10-5-9-18(15-19)23(27)25-16-22(26-13-3-4-14-26)21-12-6-8-17-7-1-2-11-20(17)21/h1-2,5-12,15,22H,3-4,13-14,16H2,(H,25,27)/t22-/m1/s1. The van der Waals surface area contributed by atoms with E-state index in [1.54, 1.807) is 24.3 Å². The van der Waals surface area contributed by atoms with E-state index in [-0.39, 0.29) is 11.9 Å². The third kappa shape index (κ3) is 4.00. The van der Waals surface area contributed by atoms with Gasteiger partial charge in [0, 0.05) is 17.1 Å². The predicted octanol–water partition coefficient (Wildman–Crippen LogP) is 5.06. The van der Waals surface area contributed by atoms with E-state index in [9.17, 15) is 4.79 Å². The number of halogens is 1. The Morgan fingerprint density at radius 1 is 1.00 bits per heavy atom. The van der Waals surface area contributed by atoms with Gasteiger partial charge in [0.25, 0.3) is 5.91 Å². The van der Waals surface area contributed by atoms with E-state index >= 15 is 0 Å². The molecule has 4 rings (SSSR count). The molecule has 1 saturated heterocycles. The summed E-state index contributed by atoms with van der Waals surface area (Å²) in [5.41, 5.74) is 1.88. The van der Waals surface area contributed by atoms with Crippen molar-refractivity contribution >= 4 is 28.3 Å². The van der Waals surface area contributed by atoms with E-state index in [1.165, 1.54) is 29.2 Å². The topological polar surface area (TPSA) is 32.3 Å². The van der Waals surface area contributed by atoms with Crippen LogP contribution in [0.1, 0.15) is 34.8 Å². The van der Waals surface area contributed by atoms with Crippen LogP contribution in [0.3, 0.4) is 0 Å². The highest BCUT2D eigenvalue weighted by Crippen LogP contribution is 2.30. The van der Waals surface area contributed by atoms with Gasteiger partial charge in [-0.2, -0.15) is 0 Å². The van der Waals surface area contributed by atoms with Gasteiger partial charge in [0.2, 0.25) is 0 Å². The van der Waals surface area contributed by atoms with Crippen LogP contribution in [-0.2, 0) is 0 Å². The highest BCUT2D eigenvalue weighted by atomic mass is 35.5. The minimum Gasteiger partial charge on any atom is -0.350 e. The number of rotatable bonds is 5. The van der Waals surface area contributed by atoms with Gasteiger partial charge in [-0.3, -0.25) is 9.69 Å². The van der Waals surface area contributed by atoms with Crippen LogP contribution in [0.2, 0.25) is 5.02 Å². The van der Waals surface area contributed by atoms with Crippen molar-refractivity contribution in [3.8, 4) is 0 Å². The monoisotopic (exact) mass is 378 g/mol. The summed E-state index contributed by atoms with van der Waals surface area (Å²) in [5, 5.41) is 6.20. The third-order valence-electron chi connectivity index (χ3n) is 5.31. The minimum atomic E-state index is -0.0815. The van der Waals surface area contributed by atoms with Gasteiger partial charge >= 0.3 is 0 Å². The van der Waals surface area contributed by atoms with Gasteiger partial charge in [0.15, 0.2) is 0 Å². The van der Waals surface area contributed by atoms with Gasteiger partial charge in [-0.1, -0.05) is 60.1 Å². The first-order valence-corrected chi connectivity index (χ1v) is 9.85. The van der Waals surface area contributed by atoms with E-state index in [1.807, 2.05) is 0 Å². The first-order chi connectivity index (χ1) is 13.2. The van der Waals surface area contributed by atoms with Crippen molar-refractivity contribution in [3.63, 3.8) is 0 Å². The molecule has 4 heteroatoms. The van der Waals surface area contributed by atoms with Crippen molar-refractivity contribution in [3.05, 3.63) is 82.9 Å². The lowest BCUT2D eigenvalue weighted by atomic mass is 9.97. The summed E-state index contributed by atoms with van der Waals surface area (Å²) in [6, 6.07) is 22.2. The number of carbonyl (C=O) groups is 1.